The molecule has 2 unspecified atom stereocenters. The van der Waals surface area contributed by atoms with Crippen molar-refractivity contribution in [1.82, 2.24) is 4.90 Å². The number of aliphatic hydroxyl groups excluding tert-OH is 1. The summed E-state index contributed by atoms with van der Waals surface area (Å²) < 4.78 is 0. The van der Waals surface area contributed by atoms with Crippen molar-refractivity contribution in [3.05, 3.63) is 0 Å². The van der Waals surface area contributed by atoms with Crippen molar-refractivity contribution in [3.8, 4) is 0 Å². The fourth-order valence-electron chi connectivity index (χ4n) is 3.33. The molecule has 2 rings (SSSR count). The standard InChI is InChI=1S/C14H25NO2/c1-9-8-15(7-6-10(9)16)12(17)11-13(2,3)14(11,4)5/h9-11,16H,6-8H2,1-5H3. The van der Waals surface area contributed by atoms with Crippen LogP contribution < -0.4 is 0 Å². The lowest BCUT2D eigenvalue weighted by molar-refractivity contribution is -0.137. The van der Waals surface area contributed by atoms with E-state index in [4.69, 9.17) is 0 Å². The SMILES string of the molecule is CC1CN(C(=O)C2C(C)(C)C2(C)C)CCC1O. The van der Waals surface area contributed by atoms with Gasteiger partial charge in [-0.2, -0.15) is 0 Å². The Morgan fingerprint density at radius 3 is 2.18 bits per heavy atom. The van der Waals surface area contributed by atoms with E-state index in [1.165, 1.54) is 0 Å². The molecule has 1 heterocycles. The summed E-state index contributed by atoms with van der Waals surface area (Å²) in [5, 5.41) is 9.70. The lowest BCUT2D eigenvalue weighted by Gasteiger charge is -2.35. The normalized spacial score (nSPS) is 35.8. The third-order valence-corrected chi connectivity index (χ3v) is 5.44. The Balaban J connectivity index is 2.04. The van der Waals surface area contributed by atoms with Crippen LogP contribution in [0.15, 0.2) is 0 Å². The first-order chi connectivity index (χ1) is 7.69. The summed E-state index contributed by atoms with van der Waals surface area (Å²) in [7, 11) is 0. The molecule has 0 spiro atoms. The van der Waals surface area contributed by atoms with Crippen LogP contribution in [0.3, 0.4) is 0 Å². The van der Waals surface area contributed by atoms with Gasteiger partial charge in [-0.15, -0.1) is 0 Å². The third kappa shape index (κ3) is 1.79. The average molecular weight is 239 g/mol. The molecule has 98 valence electrons. The van der Waals surface area contributed by atoms with E-state index in [2.05, 4.69) is 27.7 Å². The zero-order valence-corrected chi connectivity index (χ0v) is 11.7. The average Bonchev–Trinajstić information content (AvgIpc) is 2.61. The maximum atomic E-state index is 12.5. The molecular weight excluding hydrogens is 214 g/mol. The molecule has 1 amide bonds. The molecule has 0 aromatic rings. The van der Waals surface area contributed by atoms with Crippen LogP contribution >= 0.6 is 0 Å². The molecule has 2 fully saturated rings. The van der Waals surface area contributed by atoms with Gasteiger partial charge in [-0.05, 0) is 23.2 Å². The van der Waals surface area contributed by atoms with E-state index in [9.17, 15) is 9.90 Å². The second kappa shape index (κ2) is 3.71. The molecule has 1 saturated heterocycles. The maximum Gasteiger partial charge on any atom is 0.226 e. The summed E-state index contributed by atoms with van der Waals surface area (Å²) in [5.41, 5.74) is 0.229. The number of piperidine rings is 1. The predicted octanol–water partition coefficient (Wildman–Crippen LogP) is 1.90. The Kier molecular flexibility index (Phi) is 2.81. The molecular formula is C14H25NO2. The topological polar surface area (TPSA) is 40.5 Å². The van der Waals surface area contributed by atoms with Gasteiger partial charge in [0.05, 0.1) is 6.10 Å². The minimum Gasteiger partial charge on any atom is -0.393 e. The monoisotopic (exact) mass is 239 g/mol. The zero-order valence-electron chi connectivity index (χ0n) is 11.7. The van der Waals surface area contributed by atoms with E-state index in [1.807, 2.05) is 11.8 Å². The first-order valence-corrected chi connectivity index (χ1v) is 6.66. The predicted molar refractivity (Wildman–Crippen MR) is 67.4 cm³/mol. The molecule has 0 bridgehead atoms. The summed E-state index contributed by atoms with van der Waals surface area (Å²) in [6, 6.07) is 0. The third-order valence-electron chi connectivity index (χ3n) is 5.44. The molecule has 0 aromatic heterocycles. The summed E-state index contributed by atoms with van der Waals surface area (Å²) in [4.78, 5) is 14.4. The maximum absolute atomic E-state index is 12.5. The molecule has 1 saturated carbocycles. The Morgan fingerprint density at radius 1 is 1.24 bits per heavy atom. The Bertz CT molecular complexity index is 321. The van der Waals surface area contributed by atoms with Crippen LogP contribution in [0.1, 0.15) is 41.0 Å². The first kappa shape index (κ1) is 12.9. The van der Waals surface area contributed by atoms with Gasteiger partial charge >= 0.3 is 0 Å². The van der Waals surface area contributed by atoms with Crippen molar-refractivity contribution in [2.24, 2.45) is 22.7 Å². The number of nitrogens with zero attached hydrogens (tertiary/aromatic N) is 1. The highest BCUT2D eigenvalue weighted by Gasteiger charge is 2.68. The molecule has 2 atom stereocenters. The van der Waals surface area contributed by atoms with Gasteiger partial charge in [-0.3, -0.25) is 4.79 Å². The molecule has 1 aliphatic heterocycles. The highest BCUT2D eigenvalue weighted by atomic mass is 16.3. The van der Waals surface area contributed by atoms with E-state index in [0.717, 1.165) is 6.42 Å². The second-order valence-corrected chi connectivity index (χ2v) is 6.99. The Morgan fingerprint density at radius 2 is 1.76 bits per heavy atom. The van der Waals surface area contributed by atoms with E-state index >= 15 is 0 Å². The second-order valence-electron chi connectivity index (χ2n) is 6.99. The molecule has 17 heavy (non-hydrogen) atoms. The molecule has 1 aliphatic carbocycles. The van der Waals surface area contributed by atoms with Gasteiger partial charge in [0.1, 0.15) is 0 Å². The lowest BCUT2D eigenvalue weighted by Crippen LogP contribution is -2.46. The van der Waals surface area contributed by atoms with Gasteiger partial charge in [0, 0.05) is 19.0 Å². The fourth-order valence-corrected chi connectivity index (χ4v) is 3.33. The molecule has 1 N–H and O–H groups in total. The first-order valence-electron chi connectivity index (χ1n) is 6.66. The number of likely N-dealkylation sites (tertiary alicyclic amines) is 1. The van der Waals surface area contributed by atoms with Crippen molar-refractivity contribution in [2.45, 2.75) is 47.1 Å². The van der Waals surface area contributed by atoms with Crippen molar-refractivity contribution < 1.29 is 9.90 Å². The lowest BCUT2D eigenvalue weighted by atomic mass is 9.96. The summed E-state index contributed by atoms with van der Waals surface area (Å²) in [5.74, 6) is 0.647. The van der Waals surface area contributed by atoms with Crippen molar-refractivity contribution in [1.29, 1.82) is 0 Å². The molecule has 0 radical (unpaired) electrons. The quantitative estimate of drug-likeness (QED) is 0.759. The molecule has 3 nitrogen and oxygen atoms in total. The Hall–Kier alpha value is -0.570. The van der Waals surface area contributed by atoms with E-state index < -0.39 is 0 Å². The van der Waals surface area contributed by atoms with Crippen molar-refractivity contribution in [3.63, 3.8) is 0 Å². The van der Waals surface area contributed by atoms with Gasteiger partial charge in [-0.25, -0.2) is 0 Å². The fraction of sp³-hybridized carbons (Fsp3) is 0.929. The number of rotatable bonds is 1. The number of carbonyl (C=O) groups excluding carboxylic acids is 1. The number of hydrogen-bond donors (Lipinski definition) is 1. The zero-order chi connectivity index (χ0) is 13.0. The van der Waals surface area contributed by atoms with E-state index in [1.54, 1.807) is 0 Å². The van der Waals surface area contributed by atoms with Crippen LogP contribution in [-0.2, 0) is 4.79 Å². The van der Waals surface area contributed by atoms with Crippen LogP contribution in [0.5, 0.6) is 0 Å². The van der Waals surface area contributed by atoms with Crippen LogP contribution in [0.25, 0.3) is 0 Å². The van der Waals surface area contributed by atoms with Crippen LogP contribution in [0, 0.1) is 22.7 Å². The number of carbonyl (C=O) groups is 1. The highest BCUT2D eigenvalue weighted by molar-refractivity contribution is 5.84. The van der Waals surface area contributed by atoms with Gasteiger partial charge in [0.2, 0.25) is 5.91 Å². The van der Waals surface area contributed by atoms with Gasteiger partial charge in [0.15, 0.2) is 0 Å². The highest BCUT2D eigenvalue weighted by Crippen LogP contribution is 2.68. The summed E-state index contributed by atoms with van der Waals surface area (Å²) in [6.07, 6.45) is 0.486. The van der Waals surface area contributed by atoms with Crippen LogP contribution in [0.4, 0.5) is 0 Å². The minimum atomic E-state index is -0.237. The van der Waals surface area contributed by atoms with Gasteiger partial charge in [-0.1, -0.05) is 34.6 Å². The smallest absolute Gasteiger partial charge is 0.226 e. The van der Waals surface area contributed by atoms with Crippen LogP contribution in [-0.4, -0.2) is 35.1 Å². The minimum absolute atomic E-state index is 0.114. The number of amides is 1. The van der Waals surface area contributed by atoms with Gasteiger partial charge < -0.3 is 10.0 Å². The Labute approximate surface area is 104 Å². The molecule has 2 aliphatic rings. The van der Waals surface area contributed by atoms with Crippen molar-refractivity contribution >= 4 is 5.91 Å². The molecule has 0 aromatic carbocycles. The van der Waals surface area contributed by atoms with Crippen molar-refractivity contribution in [2.75, 3.05) is 13.1 Å². The number of aliphatic hydroxyl groups is 1. The number of hydrogen-bond acceptors (Lipinski definition) is 2. The van der Waals surface area contributed by atoms with E-state index in [0.29, 0.717) is 19.0 Å². The van der Waals surface area contributed by atoms with E-state index in [-0.39, 0.29) is 28.8 Å². The molecule has 3 heteroatoms. The van der Waals surface area contributed by atoms with Crippen LogP contribution in [0.2, 0.25) is 0 Å². The van der Waals surface area contributed by atoms with Gasteiger partial charge in [0.25, 0.3) is 0 Å². The summed E-state index contributed by atoms with van der Waals surface area (Å²) in [6.45, 7) is 12.2. The summed E-state index contributed by atoms with van der Waals surface area (Å²) >= 11 is 0. The largest absolute Gasteiger partial charge is 0.393 e.